The summed E-state index contributed by atoms with van der Waals surface area (Å²) in [6.45, 7) is 0. The molecular weight excluding hydrogens is 233 g/mol. The van der Waals surface area contributed by atoms with Crippen molar-refractivity contribution in [3.63, 3.8) is 0 Å². The van der Waals surface area contributed by atoms with Gasteiger partial charge in [-0.3, -0.25) is 10.1 Å². The molecule has 3 N–H and O–H groups in total. The Kier molecular flexibility index (Phi) is 2.70. The van der Waals surface area contributed by atoms with E-state index in [1.54, 1.807) is 0 Å². The van der Waals surface area contributed by atoms with E-state index >= 15 is 0 Å². The fourth-order valence-corrected chi connectivity index (χ4v) is 1.03. The van der Waals surface area contributed by atoms with Crippen molar-refractivity contribution in [3.05, 3.63) is 33.1 Å². The first-order valence-corrected chi connectivity index (χ1v) is 3.62. The molecule has 0 atom stereocenters. The lowest BCUT2D eigenvalue weighted by Crippen LogP contribution is -2.13. The summed E-state index contributed by atoms with van der Waals surface area (Å²) >= 11 is 0. The van der Waals surface area contributed by atoms with Crippen LogP contribution >= 0.6 is 0 Å². The number of hydrogen-bond donors (Lipinski definition) is 2. The summed E-state index contributed by atoms with van der Waals surface area (Å²) in [5, 5.41) is 18.7. The second-order valence-corrected chi connectivity index (χ2v) is 2.64. The summed E-state index contributed by atoms with van der Waals surface area (Å²) in [4.78, 5) is 19.3. The maximum Gasteiger partial charge on any atom is 0.346 e. The van der Waals surface area contributed by atoms with Crippen LogP contribution in [0.1, 0.15) is 10.4 Å². The quantitative estimate of drug-likeness (QED) is 0.348. The lowest BCUT2D eigenvalue weighted by molar-refractivity contribution is -0.388. The Bertz CT molecular complexity index is 458. The fourth-order valence-electron chi connectivity index (χ4n) is 1.03. The van der Waals surface area contributed by atoms with Crippen molar-refractivity contribution in [1.82, 2.24) is 0 Å². The lowest BCUT2D eigenvalue weighted by atomic mass is 10.1. The van der Waals surface area contributed by atoms with Crippen molar-refractivity contribution in [2.45, 2.75) is 0 Å². The van der Waals surface area contributed by atoms with Crippen molar-refractivity contribution in [2.24, 2.45) is 0 Å². The van der Waals surface area contributed by atoms with E-state index < -0.39 is 45.3 Å². The van der Waals surface area contributed by atoms with Gasteiger partial charge in [0.25, 0.3) is 0 Å². The molecular formula is C7H3F3N2O4. The molecule has 0 heterocycles. The van der Waals surface area contributed by atoms with Crippen LogP contribution in [0.5, 0.6) is 0 Å². The van der Waals surface area contributed by atoms with Gasteiger partial charge in [0.1, 0.15) is 5.69 Å². The maximum atomic E-state index is 13.1. The zero-order valence-corrected chi connectivity index (χ0v) is 7.33. The van der Waals surface area contributed by atoms with Gasteiger partial charge in [-0.15, -0.1) is 0 Å². The number of nitrogens with two attached hydrogens (primary N) is 1. The molecule has 0 aliphatic carbocycles. The van der Waals surface area contributed by atoms with E-state index in [1.807, 2.05) is 0 Å². The van der Waals surface area contributed by atoms with Crippen LogP contribution in [0.15, 0.2) is 0 Å². The first-order chi connectivity index (χ1) is 7.29. The van der Waals surface area contributed by atoms with Gasteiger partial charge in [0.15, 0.2) is 17.2 Å². The highest BCUT2D eigenvalue weighted by Gasteiger charge is 2.35. The summed E-state index contributed by atoms with van der Waals surface area (Å²) in [5.41, 5.74) is -0.138. The molecule has 0 spiro atoms. The van der Waals surface area contributed by atoms with Crippen LogP contribution in [-0.4, -0.2) is 16.0 Å². The number of nitrogen functional groups attached to an aromatic ring is 1. The molecule has 0 saturated carbocycles. The summed E-state index contributed by atoms with van der Waals surface area (Å²) in [6.07, 6.45) is 0. The van der Waals surface area contributed by atoms with E-state index in [4.69, 9.17) is 10.8 Å². The predicted molar refractivity (Wildman–Crippen MR) is 44.3 cm³/mol. The minimum Gasteiger partial charge on any atom is -0.477 e. The van der Waals surface area contributed by atoms with Crippen molar-refractivity contribution in [2.75, 3.05) is 5.73 Å². The van der Waals surface area contributed by atoms with Crippen LogP contribution in [0.3, 0.4) is 0 Å². The fraction of sp³-hybridized carbons (Fsp3) is 0. The van der Waals surface area contributed by atoms with E-state index in [1.165, 1.54) is 0 Å². The molecule has 0 aliphatic heterocycles. The van der Waals surface area contributed by atoms with Gasteiger partial charge in [-0.1, -0.05) is 0 Å². The molecule has 1 aromatic carbocycles. The third-order valence-corrected chi connectivity index (χ3v) is 1.73. The zero-order chi connectivity index (χ0) is 12.6. The zero-order valence-electron chi connectivity index (χ0n) is 7.33. The van der Waals surface area contributed by atoms with Crippen molar-refractivity contribution >= 4 is 17.3 Å². The normalized spacial score (nSPS) is 10.2. The smallest absolute Gasteiger partial charge is 0.346 e. The Morgan fingerprint density at radius 1 is 1.25 bits per heavy atom. The Morgan fingerprint density at radius 2 is 1.75 bits per heavy atom. The molecule has 0 aromatic heterocycles. The first-order valence-electron chi connectivity index (χ1n) is 3.62. The van der Waals surface area contributed by atoms with Gasteiger partial charge in [0.2, 0.25) is 5.82 Å². The SMILES string of the molecule is Nc1c(F)c(F)c(C(=O)O)c([N+](=O)[O-])c1F. The highest BCUT2D eigenvalue weighted by Crippen LogP contribution is 2.32. The molecule has 0 amide bonds. The molecule has 16 heavy (non-hydrogen) atoms. The number of rotatable bonds is 2. The summed E-state index contributed by atoms with van der Waals surface area (Å²) < 4.78 is 38.9. The average molecular weight is 236 g/mol. The van der Waals surface area contributed by atoms with E-state index in [0.29, 0.717) is 0 Å². The Hall–Kier alpha value is -2.32. The van der Waals surface area contributed by atoms with Crippen LogP contribution in [0.2, 0.25) is 0 Å². The lowest BCUT2D eigenvalue weighted by Gasteiger charge is -2.05. The number of nitro benzene ring substituents is 1. The minimum atomic E-state index is -2.16. The van der Waals surface area contributed by atoms with Gasteiger partial charge in [-0.25, -0.2) is 13.6 Å². The van der Waals surface area contributed by atoms with Gasteiger partial charge in [-0.2, -0.15) is 4.39 Å². The Labute approximate surface area is 85.2 Å². The van der Waals surface area contributed by atoms with Crippen molar-refractivity contribution in [3.8, 4) is 0 Å². The standard InChI is InChI=1S/C7H3F3N2O4/c8-2-1(7(13)14)6(12(15)16)4(10)5(11)3(2)9/h11H2,(H,13,14). The van der Waals surface area contributed by atoms with Crippen LogP contribution in [0.25, 0.3) is 0 Å². The number of carboxylic acids is 1. The van der Waals surface area contributed by atoms with E-state index in [2.05, 4.69) is 0 Å². The van der Waals surface area contributed by atoms with Crippen LogP contribution in [0, 0.1) is 27.6 Å². The number of nitro groups is 1. The first kappa shape index (κ1) is 11.8. The third-order valence-electron chi connectivity index (χ3n) is 1.73. The highest BCUT2D eigenvalue weighted by atomic mass is 19.2. The van der Waals surface area contributed by atoms with Gasteiger partial charge >= 0.3 is 11.7 Å². The number of anilines is 1. The summed E-state index contributed by atoms with van der Waals surface area (Å²) in [5.74, 6) is -8.12. The number of benzene rings is 1. The number of carbonyl (C=O) groups is 1. The van der Waals surface area contributed by atoms with Gasteiger partial charge in [0, 0.05) is 0 Å². The topological polar surface area (TPSA) is 106 Å². The number of carboxylic acid groups (broad SMARTS) is 1. The molecule has 0 unspecified atom stereocenters. The van der Waals surface area contributed by atoms with E-state index in [-0.39, 0.29) is 0 Å². The second kappa shape index (κ2) is 3.68. The molecule has 6 nitrogen and oxygen atoms in total. The maximum absolute atomic E-state index is 13.1. The van der Waals surface area contributed by atoms with Gasteiger partial charge < -0.3 is 10.8 Å². The molecule has 9 heteroatoms. The molecule has 1 aromatic rings. The average Bonchev–Trinajstić information content (AvgIpc) is 2.18. The molecule has 0 bridgehead atoms. The Balaban J connectivity index is 3.83. The van der Waals surface area contributed by atoms with Gasteiger partial charge in [-0.05, 0) is 0 Å². The summed E-state index contributed by atoms with van der Waals surface area (Å²) in [6, 6.07) is 0. The minimum absolute atomic E-state index is 1.44. The molecule has 0 saturated heterocycles. The monoisotopic (exact) mass is 236 g/mol. The molecule has 1 rings (SSSR count). The van der Waals surface area contributed by atoms with Crippen molar-refractivity contribution in [1.29, 1.82) is 0 Å². The van der Waals surface area contributed by atoms with E-state index in [0.717, 1.165) is 0 Å². The third kappa shape index (κ3) is 1.51. The largest absolute Gasteiger partial charge is 0.477 e. The molecule has 0 aliphatic rings. The number of halogens is 3. The summed E-state index contributed by atoms with van der Waals surface area (Å²) in [7, 11) is 0. The molecule has 0 radical (unpaired) electrons. The van der Waals surface area contributed by atoms with Crippen LogP contribution < -0.4 is 5.73 Å². The highest BCUT2D eigenvalue weighted by molar-refractivity contribution is 5.93. The van der Waals surface area contributed by atoms with Gasteiger partial charge in [0.05, 0.1) is 4.92 Å². The number of hydrogen-bond acceptors (Lipinski definition) is 4. The van der Waals surface area contributed by atoms with E-state index in [9.17, 15) is 28.1 Å². The van der Waals surface area contributed by atoms with Crippen LogP contribution in [-0.2, 0) is 0 Å². The van der Waals surface area contributed by atoms with Crippen LogP contribution in [0.4, 0.5) is 24.5 Å². The molecule has 86 valence electrons. The number of aromatic carboxylic acids is 1. The predicted octanol–water partition coefficient (Wildman–Crippen LogP) is 1.29. The second-order valence-electron chi connectivity index (χ2n) is 2.64. The Morgan fingerprint density at radius 3 is 2.12 bits per heavy atom. The van der Waals surface area contributed by atoms with Crippen molar-refractivity contribution < 1.29 is 28.0 Å². The molecule has 0 fully saturated rings. The number of nitrogens with zero attached hydrogens (tertiary/aromatic N) is 1.